The lowest BCUT2D eigenvalue weighted by molar-refractivity contribution is 0.487. The summed E-state index contributed by atoms with van der Waals surface area (Å²) >= 11 is 0. The Labute approximate surface area is 390 Å². The molecule has 12 aromatic rings. The van der Waals surface area contributed by atoms with E-state index in [0.717, 1.165) is 33.8 Å². The highest BCUT2D eigenvalue weighted by molar-refractivity contribution is 7.21. The highest BCUT2D eigenvalue weighted by Gasteiger charge is 2.49. The van der Waals surface area contributed by atoms with Crippen molar-refractivity contribution in [2.75, 3.05) is 0 Å². The molecular weight excluding hydrogens is 829 g/mol. The number of ether oxygens (including phenoxy) is 1. The largest absolute Gasteiger partial charge is 0.458 e. The summed E-state index contributed by atoms with van der Waals surface area (Å²) in [7, 11) is -3.04. The van der Waals surface area contributed by atoms with Gasteiger partial charge in [-0.15, -0.1) is 0 Å². The molecule has 314 valence electrons. The van der Waals surface area contributed by atoms with Gasteiger partial charge in [-0.1, -0.05) is 200 Å². The van der Waals surface area contributed by atoms with Crippen LogP contribution >= 0.6 is 0 Å². The minimum atomic E-state index is -3.04. The number of rotatable bonds is 7. The molecule has 0 amide bonds. The fraction of sp³-hybridized carbons (Fsp3) is 0. The Hall–Kier alpha value is -8.57. The summed E-state index contributed by atoms with van der Waals surface area (Å²) in [5.74, 6) is 1.80. The van der Waals surface area contributed by atoms with Crippen molar-refractivity contribution in [1.82, 2.24) is 9.55 Å². The van der Waals surface area contributed by atoms with Crippen LogP contribution in [-0.2, 0) is 0 Å². The molecule has 0 fully saturated rings. The summed E-state index contributed by atoms with van der Waals surface area (Å²) in [4.78, 5) is 4.88. The number of aromatic nitrogens is 2. The molecule has 0 spiro atoms. The first-order valence-corrected chi connectivity index (χ1v) is 24.9. The van der Waals surface area contributed by atoms with E-state index in [2.05, 4.69) is 253 Å². The number of benzene rings is 10. The molecule has 0 aliphatic carbocycles. The van der Waals surface area contributed by atoms with Crippen LogP contribution in [0.25, 0.3) is 82.9 Å². The topological polar surface area (TPSA) is 27.1 Å². The quantitative estimate of drug-likeness (QED) is 0.149. The van der Waals surface area contributed by atoms with Crippen molar-refractivity contribution in [3.8, 4) is 61.7 Å². The minimum Gasteiger partial charge on any atom is -0.458 e. The molecule has 1 aliphatic heterocycles. The second-order valence-corrected chi connectivity index (χ2v) is 21.1. The van der Waals surface area contributed by atoms with Crippen LogP contribution in [0.3, 0.4) is 0 Å². The van der Waals surface area contributed by atoms with Crippen LogP contribution in [-0.4, -0.2) is 17.6 Å². The van der Waals surface area contributed by atoms with E-state index >= 15 is 0 Å². The van der Waals surface area contributed by atoms with Gasteiger partial charge in [-0.25, -0.2) is 0 Å². The third-order valence-electron chi connectivity index (χ3n) is 13.8. The molecule has 1 aliphatic rings. The molecule has 13 rings (SSSR count). The van der Waals surface area contributed by atoms with Crippen molar-refractivity contribution >= 4 is 61.5 Å². The maximum absolute atomic E-state index is 7.00. The first kappa shape index (κ1) is 38.8. The zero-order valence-corrected chi connectivity index (χ0v) is 37.6. The van der Waals surface area contributed by atoms with Crippen LogP contribution in [0, 0.1) is 0 Å². The molecule has 3 heterocycles. The van der Waals surface area contributed by atoms with Crippen LogP contribution in [0.5, 0.6) is 11.5 Å². The van der Waals surface area contributed by atoms with E-state index in [1.54, 1.807) is 0 Å². The lowest BCUT2D eigenvalue weighted by Gasteiger charge is -2.40. The number of pyridine rings is 1. The van der Waals surface area contributed by atoms with E-state index in [1.165, 1.54) is 81.3 Å². The summed E-state index contributed by atoms with van der Waals surface area (Å²) in [6.45, 7) is 0. The smallest absolute Gasteiger partial charge is 0.188 e. The Bertz CT molecular complexity index is 3740. The van der Waals surface area contributed by atoms with Gasteiger partial charge in [0.15, 0.2) is 8.07 Å². The maximum Gasteiger partial charge on any atom is 0.188 e. The van der Waals surface area contributed by atoms with Crippen LogP contribution in [0.4, 0.5) is 0 Å². The fourth-order valence-electron chi connectivity index (χ4n) is 10.7. The van der Waals surface area contributed by atoms with Gasteiger partial charge in [0.2, 0.25) is 0 Å². The third kappa shape index (κ3) is 6.37. The molecule has 1 atom stereocenters. The van der Waals surface area contributed by atoms with Gasteiger partial charge in [0.05, 0.1) is 16.6 Å². The monoisotopic (exact) mass is 870 g/mol. The van der Waals surface area contributed by atoms with Crippen LogP contribution < -0.4 is 25.5 Å². The predicted octanol–water partition coefficient (Wildman–Crippen LogP) is 13.5. The molecule has 0 radical (unpaired) electrons. The van der Waals surface area contributed by atoms with E-state index in [0.29, 0.717) is 0 Å². The van der Waals surface area contributed by atoms with E-state index in [4.69, 9.17) is 9.72 Å². The van der Waals surface area contributed by atoms with Crippen molar-refractivity contribution in [3.05, 3.63) is 255 Å². The second kappa shape index (κ2) is 15.8. The Kier molecular flexibility index (Phi) is 9.19. The third-order valence-corrected chi connectivity index (χ3v) is 18.7. The van der Waals surface area contributed by atoms with Crippen LogP contribution in [0.2, 0.25) is 0 Å². The zero-order valence-electron chi connectivity index (χ0n) is 36.6. The van der Waals surface area contributed by atoms with Crippen LogP contribution in [0.1, 0.15) is 0 Å². The van der Waals surface area contributed by atoms with Crippen molar-refractivity contribution in [2.45, 2.75) is 0 Å². The van der Waals surface area contributed by atoms with Gasteiger partial charge < -0.3 is 9.30 Å². The normalized spacial score (nSPS) is 14.1. The highest BCUT2D eigenvalue weighted by Crippen LogP contribution is 2.36. The molecule has 4 heteroatoms. The summed E-state index contributed by atoms with van der Waals surface area (Å²) in [5, 5.41) is 8.75. The molecule has 3 nitrogen and oxygen atoms in total. The average molecular weight is 871 g/mol. The molecular formula is C63H42N2OSi. The standard InChI is InChI=1S/C63H42N2OSi/c1-2-12-43(13-3-1)44-23-25-45(26-24-44)46-27-29-49(30-28-46)50-35-40-63-60(42-50)66-59-20-8-9-21-62(59)67(63,61-22-10-17-56-55(61)16-11-41-64-56)52-38-33-48(34-39-52)47-31-36-51(37-32-47)65-57-18-6-4-14-53(57)54-15-5-7-19-58(54)65/h1-42H. The number of hydrogen-bond acceptors (Lipinski definition) is 2. The maximum atomic E-state index is 7.00. The summed E-state index contributed by atoms with van der Waals surface area (Å²) < 4.78 is 9.37. The molecule has 0 bridgehead atoms. The first-order valence-electron chi connectivity index (χ1n) is 22.9. The Morgan fingerprint density at radius 2 is 0.806 bits per heavy atom. The number of hydrogen-bond donors (Lipinski definition) is 0. The van der Waals surface area contributed by atoms with Gasteiger partial charge in [-0.05, 0) is 114 Å². The van der Waals surface area contributed by atoms with Gasteiger partial charge in [-0.3, -0.25) is 4.98 Å². The van der Waals surface area contributed by atoms with Crippen molar-refractivity contribution in [2.24, 2.45) is 0 Å². The van der Waals surface area contributed by atoms with Crippen molar-refractivity contribution in [1.29, 1.82) is 0 Å². The average Bonchev–Trinajstić information content (AvgIpc) is 3.75. The Balaban J connectivity index is 0.906. The molecule has 2 aromatic heterocycles. The molecule has 0 saturated carbocycles. The van der Waals surface area contributed by atoms with Gasteiger partial charge in [0, 0.05) is 28.0 Å². The highest BCUT2D eigenvalue weighted by atomic mass is 28.3. The van der Waals surface area contributed by atoms with Gasteiger partial charge in [-0.2, -0.15) is 0 Å². The fourth-order valence-corrected chi connectivity index (χ4v) is 15.8. The van der Waals surface area contributed by atoms with E-state index < -0.39 is 8.07 Å². The number of para-hydroxylation sites is 3. The predicted molar refractivity (Wildman–Crippen MR) is 282 cm³/mol. The Morgan fingerprint density at radius 1 is 0.328 bits per heavy atom. The number of nitrogens with zero attached hydrogens (tertiary/aromatic N) is 2. The number of fused-ring (bicyclic) bond motifs is 6. The molecule has 0 saturated heterocycles. The summed E-state index contributed by atoms with van der Waals surface area (Å²) in [5.41, 5.74) is 14.0. The van der Waals surface area contributed by atoms with Crippen molar-refractivity contribution in [3.63, 3.8) is 0 Å². The Morgan fingerprint density at radius 3 is 1.46 bits per heavy atom. The van der Waals surface area contributed by atoms with Gasteiger partial charge >= 0.3 is 0 Å². The lowest BCUT2D eigenvalue weighted by atomic mass is 9.98. The van der Waals surface area contributed by atoms with E-state index in [9.17, 15) is 0 Å². The molecule has 1 unspecified atom stereocenters. The van der Waals surface area contributed by atoms with Gasteiger partial charge in [0.1, 0.15) is 11.5 Å². The van der Waals surface area contributed by atoms with Gasteiger partial charge in [0.25, 0.3) is 0 Å². The van der Waals surface area contributed by atoms with E-state index in [1.807, 2.05) is 6.20 Å². The second-order valence-electron chi connectivity index (χ2n) is 17.4. The lowest BCUT2D eigenvalue weighted by Crippen LogP contribution is -2.76. The first-order chi connectivity index (χ1) is 33.2. The van der Waals surface area contributed by atoms with Crippen LogP contribution in [0.15, 0.2) is 255 Å². The zero-order chi connectivity index (χ0) is 44.3. The SMILES string of the molecule is c1ccc(-c2ccc(-c3ccc(-c4ccc5c(c4)Oc4ccccc4[Si]5(c4ccc(-c5ccc(-n6c7ccccc7c7ccccc76)cc5)cc4)c4cccc5ncccc45)cc3)cc2)cc1. The van der Waals surface area contributed by atoms with Crippen molar-refractivity contribution < 1.29 is 4.74 Å². The minimum absolute atomic E-state index is 0.897. The molecule has 67 heavy (non-hydrogen) atoms. The molecule has 10 aromatic carbocycles. The van der Waals surface area contributed by atoms with E-state index in [-0.39, 0.29) is 0 Å². The summed E-state index contributed by atoms with van der Waals surface area (Å²) in [6, 6.07) is 90.6. The summed E-state index contributed by atoms with van der Waals surface area (Å²) in [6.07, 6.45) is 1.89. The molecule has 0 N–H and O–H groups in total.